The maximum absolute atomic E-state index is 5.92. The van der Waals surface area contributed by atoms with E-state index in [1.54, 1.807) is 18.5 Å². The van der Waals surface area contributed by atoms with Crippen LogP contribution in [0.1, 0.15) is 17.4 Å². The van der Waals surface area contributed by atoms with Crippen molar-refractivity contribution in [1.29, 1.82) is 0 Å². The normalized spacial score (nSPS) is 12.4. The summed E-state index contributed by atoms with van der Waals surface area (Å²) in [6.07, 6.45) is 3.36. The molecule has 3 N–H and O–H groups in total. The number of aromatic nitrogens is 2. The van der Waals surface area contributed by atoms with Crippen molar-refractivity contribution >= 4 is 11.6 Å². The second-order valence-corrected chi connectivity index (χ2v) is 3.70. The van der Waals surface area contributed by atoms with Gasteiger partial charge in [-0.15, -0.1) is 0 Å². The van der Waals surface area contributed by atoms with E-state index in [1.165, 1.54) is 0 Å². The monoisotopic (exact) mass is 234 g/mol. The minimum atomic E-state index is -0.250. The van der Waals surface area contributed by atoms with E-state index in [0.29, 0.717) is 10.8 Å². The number of hydrazine groups is 1. The molecule has 0 aliphatic heterocycles. The van der Waals surface area contributed by atoms with E-state index in [4.69, 9.17) is 17.4 Å². The quantitative estimate of drug-likeness (QED) is 0.627. The van der Waals surface area contributed by atoms with Gasteiger partial charge in [0.05, 0.1) is 0 Å². The van der Waals surface area contributed by atoms with Gasteiger partial charge >= 0.3 is 0 Å². The van der Waals surface area contributed by atoms with Gasteiger partial charge in [-0.2, -0.15) is 0 Å². The van der Waals surface area contributed by atoms with Gasteiger partial charge in [-0.1, -0.05) is 23.7 Å². The van der Waals surface area contributed by atoms with E-state index in [9.17, 15) is 0 Å². The summed E-state index contributed by atoms with van der Waals surface area (Å²) in [5.74, 6) is 6.13. The average molecular weight is 235 g/mol. The van der Waals surface area contributed by atoms with E-state index in [0.717, 1.165) is 5.56 Å². The number of benzene rings is 1. The molecular formula is C11H11ClN4. The fraction of sp³-hybridized carbons (Fsp3) is 0.0909. The van der Waals surface area contributed by atoms with Crippen LogP contribution < -0.4 is 11.3 Å². The zero-order chi connectivity index (χ0) is 11.4. The second kappa shape index (κ2) is 5.03. The maximum atomic E-state index is 5.92. The van der Waals surface area contributed by atoms with Crippen LogP contribution >= 0.6 is 11.6 Å². The molecule has 0 aliphatic carbocycles. The van der Waals surface area contributed by atoms with Crippen LogP contribution in [-0.4, -0.2) is 9.97 Å². The Balaban J connectivity index is 2.37. The summed E-state index contributed by atoms with van der Waals surface area (Å²) in [7, 11) is 0. The maximum Gasteiger partial charge on any atom is 0.150 e. The Hall–Kier alpha value is -1.49. The van der Waals surface area contributed by atoms with Crippen LogP contribution in [0.4, 0.5) is 0 Å². The van der Waals surface area contributed by atoms with Gasteiger partial charge in [0.1, 0.15) is 6.04 Å². The third kappa shape index (κ3) is 2.36. The molecule has 0 bridgehead atoms. The second-order valence-electron chi connectivity index (χ2n) is 3.26. The number of nitrogens with zero attached hydrogens (tertiary/aromatic N) is 2. The summed E-state index contributed by atoms with van der Waals surface area (Å²) in [6, 6.07) is 8.94. The minimum absolute atomic E-state index is 0.250. The molecule has 1 aromatic heterocycles. The molecule has 0 amide bonds. The van der Waals surface area contributed by atoms with Gasteiger partial charge in [0.15, 0.2) is 5.82 Å². The number of nitrogens with two attached hydrogens (primary N) is 1. The van der Waals surface area contributed by atoms with E-state index in [2.05, 4.69) is 15.4 Å². The van der Waals surface area contributed by atoms with Crippen molar-refractivity contribution in [2.45, 2.75) is 6.04 Å². The summed E-state index contributed by atoms with van der Waals surface area (Å²) >= 11 is 5.92. The highest BCUT2D eigenvalue weighted by atomic mass is 35.5. The Morgan fingerprint density at radius 2 is 1.94 bits per heavy atom. The lowest BCUT2D eigenvalue weighted by Crippen LogP contribution is -2.30. The van der Waals surface area contributed by atoms with Crippen molar-refractivity contribution in [3.05, 3.63) is 59.1 Å². The Kier molecular flexibility index (Phi) is 3.46. The zero-order valence-electron chi connectivity index (χ0n) is 8.47. The molecule has 1 atom stereocenters. The molecule has 1 aromatic carbocycles. The first-order valence-corrected chi connectivity index (χ1v) is 5.17. The SMILES string of the molecule is NNC(c1cccc(Cl)c1)c1ncccn1. The molecule has 0 saturated heterocycles. The van der Waals surface area contributed by atoms with Gasteiger partial charge in [0.2, 0.25) is 0 Å². The van der Waals surface area contributed by atoms with Gasteiger partial charge < -0.3 is 0 Å². The lowest BCUT2D eigenvalue weighted by molar-refractivity contribution is 0.601. The number of hydrogen-bond acceptors (Lipinski definition) is 4. The number of nitrogens with one attached hydrogen (secondary N) is 1. The molecule has 5 heteroatoms. The van der Waals surface area contributed by atoms with E-state index in [-0.39, 0.29) is 6.04 Å². The summed E-state index contributed by atoms with van der Waals surface area (Å²) in [5.41, 5.74) is 3.61. The van der Waals surface area contributed by atoms with E-state index >= 15 is 0 Å². The molecule has 4 nitrogen and oxygen atoms in total. The molecule has 16 heavy (non-hydrogen) atoms. The molecule has 0 radical (unpaired) electrons. The summed E-state index contributed by atoms with van der Waals surface area (Å²) < 4.78 is 0. The molecule has 0 fully saturated rings. The zero-order valence-corrected chi connectivity index (χ0v) is 9.22. The molecule has 82 valence electrons. The molecule has 1 heterocycles. The standard InChI is InChI=1S/C11H11ClN4/c12-9-4-1-3-8(7-9)10(16-13)11-14-5-2-6-15-11/h1-7,10,16H,13H2. The van der Waals surface area contributed by atoms with Gasteiger partial charge in [0.25, 0.3) is 0 Å². The van der Waals surface area contributed by atoms with Crippen molar-refractivity contribution in [3.8, 4) is 0 Å². The molecule has 0 aliphatic rings. The van der Waals surface area contributed by atoms with Gasteiger partial charge in [-0.25, -0.2) is 15.4 Å². The van der Waals surface area contributed by atoms with E-state index in [1.807, 2.05) is 24.3 Å². The van der Waals surface area contributed by atoms with Crippen LogP contribution in [0, 0.1) is 0 Å². The fourth-order valence-corrected chi connectivity index (χ4v) is 1.66. The van der Waals surface area contributed by atoms with Crippen molar-refractivity contribution in [2.24, 2.45) is 5.84 Å². The van der Waals surface area contributed by atoms with Crippen molar-refractivity contribution in [3.63, 3.8) is 0 Å². The van der Waals surface area contributed by atoms with Gasteiger partial charge in [-0.05, 0) is 23.8 Å². The summed E-state index contributed by atoms with van der Waals surface area (Å²) in [5, 5.41) is 0.661. The van der Waals surface area contributed by atoms with E-state index < -0.39 is 0 Å². The van der Waals surface area contributed by atoms with Crippen LogP contribution in [0.2, 0.25) is 5.02 Å². The lowest BCUT2D eigenvalue weighted by atomic mass is 10.1. The molecule has 0 saturated carbocycles. The highest BCUT2D eigenvalue weighted by Crippen LogP contribution is 2.20. The van der Waals surface area contributed by atoms with Crippen LogP contribution in [0.25, 0.3) is 0 Å². The van der Waals surface area contributed by atoms with Crippen LogP contribution in [0.5, 0.6) is 0 Å². The van der Waals surface area contributed by atoms with Gasteiger partial charge in [-0.3, -0.25) is 5.84 Å². The predicted octanol–water partition coefficient (Wildman–Crippen LogP) is 1.68. The highest BCUT2D eigenvalue weighted by molar-refractivity contribution is 6.30. The Morgan fingerprint density at radius 1 is 1.19 bits per heavy atom. The highest BCUT2D eigenvalue weighted by Gasteiger charge is 2.14. The van der Waals surface area contributed by atoms with Crippen molar-refractivity contribution in [2.75, 3.05) is 0 Å². The average Bonchev–Trinajstić information content (AvgIpc) is 2.31. The van der Waals surface area contributed by atoms with Crippen molar-refractivity contribution < 1.29 is 0 Å². The summed E-state index contributed by atoms with van der Waals surface area (Å²) in [6.45, 7) is 0. The largest absolute Gasteiger partial charge is 0.270 e. The molecule has 2 rings (SSSR count). The number of halogens is 1. The van der Waals surface area contributed by atoms with Gasteiger partial charge in [0, 0.05) is 17.4 Å². The topological polar surface area (TPSA) is 63.8 Å². The number of rotatable bonds is 3. The third-order valence-corrected chi connectivity index (χ3v) is 2.43. The first-order chi connectivity index (χ1) is 7.81. The summed E-state index contributed by atoms with van der Waals surface area (Å²) in [4.78, 5) is 8.32. The third-order valence-electron chi connectivity index (χ3n) is 2.19. The fourth-order valence-electron chi connectivity index (χ4n) is 1.47. The molecule has 2 aromatic rings. The number of hydrogen-bond donors (Lipinski definition) is 2. The molecule has 0 spiro atoms. The predicted molar refractivity (Wildman–Crippen MR) is 62.7 cm³/mol. The van der Waals surface area contributed by atoms with Crippen LogP contribution in [-0.2, 0) is 0 Å². The Labute approximate surface area is 98.5 Å². The van der Waals surface area contributed by atoms with Crippen LogP contribution in [0.3, 0.4) is 0 Å². The smallest absolute Gasteiger partial charge is 0.150 e. The Bertz CT molecular complexity index is 461. The minimum Gasteiger partial charge on any atom is -0.270 e. The van der Waals surface area contributed by atoms with Crippen LogP contribution in [0.15, 0.2) is 42.7 Å². The lowest BCUT2D eigenvalue weighted by Gasteiger charge is -2.14. The first kappa shape index (κ1) is 11.0. The van der Waals surface area contributed by atoms with Crippen molar-refractivity contribution in [1.82, 2.24) is 15.4 Å². The molecule has 1 unspecified atom stereocenters. The molecular weight excluding hydrogens is 224 g/mol. The Morgan fingerprint density at radius 3 is 2.56 bits per heavy atom. The first-order valence-electron chi connectivity index (χ1n) is 4.80.